The van der Waals surface area contributed by atoms with Gasteiger partial charge in [0.2, 0.25) is 10.0 Å². The van der Waals surface area contributed by atoms with Gasteiger partial charge in [0, 0.05) is 17.7 Å². The third kappa shape index (κ3) is 3.68. The van der Waals surface area contributed by atoms with Crippen LogP contribution < -0.4 is 4.72 Å². The number of fused-ring (bicyclic) bond motifs is 1. The number of hydrogen-bond donors (Lipinski definition) is 2. The van der Waals surface area contributed by atoms with E-state index in [1.54, 1.807) is 12.1 Å². The Balaban J connectivity index is 2.27. The molecule has 0 atom stereocenters. The molecule has 0 unspecified atom stereocenters. The lowest BCUT2D eigenvalue weighted by Gasteiger charge is -2.10. The van der Waals surface area contributed by atoms with Gasteiger partial charge in [0.15, 0.2) is 0 Å². The Morgan fingerprint density at radius 2 is 2.00 bits per heavy atom. The van der Waals surface area contributed by atoms with Crippen molar-refractivity contribution in [3.63, 3.8) is 0 Å². The Hall–Kier alpha value is -1.66. The van der Waals surface area contributed by atoms with Crippen molar-refractivity contribution in [1.82, 2.24) is 4.98 Å². The number of rotatable bonds is 6. The van der Waals surface area contributed by atoms with Crippen LogP contribution in [0, 0.1) is 6.92 Å². The summed E-state index contributed by atoms with van der Waals surface area (Å²) in [5.41, 5.74) is 1.98. The lowest BCUT2D eigenvalue weighted by Crippen LogP contribution is -2.17. The molecule has 0 aliphatic rings. The number of nitrogens with one attached hydrogen (secondary N) is 1. The number of aryl methyl sites for hydroxylation is 1. The van der Waals surface area contributed by atoms with Crippen LogP contribution in [0.3, 0.4) is 0 Å². The predicted octanol–water partition coefficient (Wildman–Crippen LogP) is 2.06. The Labute approximate surface area is 118 Å². The van der Waals surface area contributed by atoms with E-state index in [9.17, 15) is 8.42 Å². The van der Waals surface area contributed by atoms with Crippen LogP contribution in [0.2, 0.25) is 0 Å². The number of sulfonamides is 1. The third-order valence-corrected chi connectivity index (χ3v) is 4.30. The van der Waals surface area contributed by atoms with Crippen molar-refractivity contribution in [3.05, 3.63) is 36.0 Å². The highest BCUT2D eigenvalue weighted by Gasteiger charge is 2.12. The van der Waals surface area contributed by atoms with Crippen LogP contribution in [0.1, 0.15) is 18.5 Å². The van der Waals surface area contributed by atoms with Gasteiger partial charge >= 0.3 is 0 Å². The van der Waals surface area contributed by atoms with Crippen LogP contribution in [0.15, 0.2) is 30.3 Å². The van der Waals surface area contributed by atoms with Gasteiger partial charge in [-0.3, -0.25) is 9.71 Å². The van der Waals surface area contributed by atoms with Crippen molar-refractivity contribution in [3.8, 4) is 0 Å². The first kappa shape index (κ1) is 14.7. The summed E-state index contributed by atoms with van der Waals surface area (Å²) in [5, 5.41) is 9.59. The van der Waals surface area contributed by atoms with Gasteiger partial charge < -0.3 is 5.11 Å². The van der Waals surface area contributed by atoms with Crippen molar-refractivity contribution in [2.75, 3.05) is 17.1 Å². The molecular weight excluding hydrogens is 276 g/mol. The minimum atomic E-state index is -3.41. The molecule has 0 fully saturated rings. The lowest BCUT2D eigenvalue weighted by atomic mass is 10.2. The third-order valence-electron chi connectivity index (χ3n) is 2.95. The van der Waals surface area contributed by atoms with Crippen molar-refractivity contribution < 1.29 is 13.5 Å². The molecule has 1 aromatic carbocycles. The van der Waals surface area contributed by atoms with E-state index in [0.29, 0.717) is 24.0 Å². The highest BCUT2D eigenvalue weighted by Crippen LogP contribution is 2.22. The summed E-state index contributed by atoms with van der Waals surface area (Å²) < 4.78 is 26.5. The summed E-state index contributed by atoms with van der Waals surface area (Å²) in [7, 11) is -3.41. The smallest absolute Gasteiger partial charge is 0.232 e. The SMILES string of the molecule is Cc1ccc2cccc(NS(=O)(=O)CCCCO)c2n1. The molecule has 0 saturated heterocycles. The van der Waals surface area contributed by atoms with Crippen molar-refractivity contribution >= 4 is 26.6 Å². The van der Waals surface area contributed by atoms with E-state index in [-0.39, 0.29) is 12.4 Å². The summed E-state index contributed by atoms with van der Waals surface area (Å²) in [6.45, 7) is 1.87. The fraction of sp³-hybridized carbons (Fsp3) is 0.357. The average Bonchev–Trinajstić information content (AvgIpc) is 2.39. The number of pyridine rings is 1. The largest absolute Gasteiger partial charge is 0.396 e. The first-order chi connectivity index (χ1) is 9.52. The van der Waals surface area contributed by atoms with Crippen molar-refractivity contribution in [1.29, 1.82) is 0 Å². The number of unbranched alkanes of at least 4 members (excludes halogenated alkanes) is 1. The molecule has 5 nitrogen and oxygen atoms in total. The number of hydrogen-bond acceptors (Lipinski definition) is 4. The van der Waals surface area contributed by atoms with Gasteiger partial charge in [-0.15, -0.1) is 0 Å². The van der Waals surface area contributed by atoms with E-state index in [2.05, 4.69) is 9.71 Å². The second kappa shape index (κ2) is 6.19. The molecule has 6 heteroatoms. The lowest BCUT2D eigenvalue weighted by molar-refractivity contribution is 0.287. The van der Waals surface area contributed by atoms with Crippen LogP contribution in [-0.2, 0) is 10.0 Å². The van der Waals surface area contributed by atoms with Crippen LogP contribution in [0.4, 0.5) is 5.69 Å². The topological polar surface area (TPSA) is 79.3 Å². The second-order valence-electron chi connectivity index (χ2n) is 4.68. The molecule has 1 heterocycles. The van der Waals surface area contributed by atoms with Gasteiger partial charge in [-0.25, -0.2) is 8.42 Å². The maximum atomic E-state index is 12.0. The summed E-state index contributed by atoms with van der Waals surface area (Å²) >= 11 is 0. The molecule has 2 rings (SSSR count). The Morgan fingerprint density at radius 3 is 2.75 bits per heavy atom. The van der Waals surface area contributed by atoms with Crippen LogP contribution in [0.25, 0.3) is 10.9 Å². The average molecular weight is 294 g/mol. The molecule has 108 valence electrons. The standard InChI is InChI=1S/C14H18N2O3S/c1-11-7-8-12-5-4-6-13(14(12)15-11)16-20(18,19)10-3-2-9-17/h4-8,16-17H,2-3,9-10H2,1H3. The predicted molar refractivity (Wildman–Crippen MR) is 80.2 cm³/mol. The second-order valence-corrected chi connectivity index (χ2v) is 6.52. The zero-order valence-electron chi connectivity index (χ0n) is 11.3. The quantitative estimate of drug-likeness (QED) is 0.799. The maximum Gasteiger partial charge on any atom is 0.232 e. The number of anilines is 1. The van der Waals surface area contributed by atoms with Gasteiger partial charge in [0.25, 0.3) is 0 Å². The zero-order chi connectivity index (χ0) is 14.6. The Kier molecular flexibility index (Phi) is 4.57. The number of aliphatic hydroxyl groups is 1. The van der Waals surface area contributed by atoms with Crippen LogP contribution in [-0.4, -0.2) is 30.9 Å². The van der Waals surface area contributed by atoms with Gasteiger partial charge in [0.1, 0.15) is 0 Å². The molecule has 0 spiro atoms. The number of aliphatic hydroxyl groups excluding tert-OH is 1. The fourth-order valence-corrected chi connectivity index (χ4v) is 3.14. The van der Waals surface area contributed by atoms with E-state index in [1.807, 2.05) is 25.1 Å². The molecule has 0 aliphatic carbocycles. The summed E-state index contributed by atoms with van der Waals surface area (Å²) in [4.78, 5) is 4.39. The molecule has 0 bridgehead atoms. The molecule has 20 heavy (non-hydrogen) atoms. The molecule has 0 amide bonds. The molecule has 2 aromatic rings. The van der Waals surface area contributed by atoms with E-state index >= 15 is 0 Å². The van der Waals surface area contributed by atoms with Crippen molar-refractivity contribution in [2.24, 2.45) is 0 Å². The van der Waals surface area contributed by atoms with E-state index < -0.39 is 10.0 Å². The summed E-state index contributed by atoms with van der Waals surface area (Å²) in [5.74, 6) is -0.00420. The molecule has 2 N–H and O–H groups in total. The fourth-order valence-electron chi connectivity index (χ4n) is 1.95. The minimum absolute atomic E-state index is 0.00420. The number of benzene rings is 1. The van der Waals surface area contributed by atoms with Gasteiger partial charge in [0.05, 0.1) is 17.0 Å². The summed E-state index contributed by atoms with van der Waals surface area (Å²) in [6, 6.07) is 9.21. The highest BCUT2D eigenvalue weighted by molar-refractivity contribution is 7.92. The normalized spacial score (nSPS) is 11.7. The van der Waals surface area contributed by atoms with E-state index in [1.165, 1.54) is 0 Å². The number of nitrogens with zero attached hydrogens (tertiary/aromatic N) is 1. The van der Waals surface area contributed by atoms with Gasteiger partial charge in [-0.05, 0) is 31.9 Å². The summed E-state index contributed by atoms with van der Waals surface area (Å²) in [6.07, 6.45) is 0.914. The Morgan fingerprint density at radius 1 is 1.20 bits per heavy atom. The molecular formula is C14H18N2O3S. The Bertz CT molecular complexity index is 699. The van der Waals surface area contributed by atoms with Crippen LogP contribution >= 0.6 is 0 Å². The number of aromatic nitrogens is 1. The maximum absolute atomic E-state index is 12.0. The molecule has 0 radical (unpaired) electrons. The monoisotopic (exact) mass is 294 g/mol. The molecule has 1 aromatic heterocycles. The van der Waals surface area contributed by atoms with E-state index in [4.69, 9.17) is 5.11 Å². The van der Waals surface area contributed by atoms with Gasteiger partial charge in [-0.2, -0.15) is 0 Å². The zero-order valence-corrected chi connectivity index (χ0v) is 12.2. The number of para-hydroxylation sites is 1. The first-order valence-corrected chi connectivity index (χ1v) is 8.15. The van der Waals surface area contributed by atoms with Gasteiger partial charge in [-0.1, -0.05) is 18.2 Å². The van der Waals surface area contributed by atoms with E-state index in [0.717, 1.165) is 11.1 Å². The first-order valence-electron chi connectivity index (χ1n) is 6.49. The highest BCUT2D eigenvalue weighted by atomic mass is 32.2. The molecule has 0 aliphatic heterocycles. The molecule has 0 saturated carbocycles. The minimum Gasteiger partial charge on any atom is -0.396 e. The van der Waals surface area contributed by atoms with Crippen LogP contribution in [0.5, 0.6) is 0 Å². The van der Waals surface area contributed by atoms with Crippen molar-refractivity contribution in [2.45, 2.75) is 19.8 Å².